The lowest BCUT2D eigenvalue weighted by Gasteiger charge is -2.25. The van der Waals surface area contributed by atoms with Gasteiger partial charge in [0, 0.05) is 13.0 Å². The van der Waals surface area contributed by atoms with Gasteiger partial charge in [0.05, 0.1) is 14.2 Å². The molecule has 0 bridgehead atoms. The molecule has 130 valence electrons. The van der Waals surface area contributed by atoms with Gasteiger partial charge in [-0.1, -0.05) is 30.3 Å². The highest BCUT2D eigenvalue weighted by Gasteiger charge is 2.36. The minimum atomic E-state index is -0.816. The lowest BCUT2D eigenvalue weighted by Crippen LogP contribution is -2.52. The SMILES string of the molecule is COC(=O)[C@H](Cc1ccccc1)NC(=O)N1CCC[C@H]1C(=O)OC. The molecule has 2 amide bonds. The van der Waals surface area contributed by atoms with Crippen LogP contribution in [0.5, 0.6) is 0 Å². The average Bonchev–Trinajstić information content (AvgIpc) is 3.10. The first-order valence-corrected chi connectivity index (χ1v) is 7.83. The standard InChI is InChI=1S/C17H22N2O5/c1-23-15(20)13(11-12-7-4-3-5-8-12)18-17(22)19-10-6-9-14(19)16(21)24-2/h3-5,7-8,13-14H,6,9-11H2,1-2H3,(H,18,22)/t13-,14-/m0/s1. The number of carbonyl (C=O) groups excluding carboxylic acids is 3. The highest BCUT2D eigenvalue weighted by molar-refractivity contribution is 5.87. The Morgan fingerprint density at radius 2 is 1.92 bits per heavy atom. The number of methoxy groups -OCH3 is 2. The van der Waals surface area contributed by atoms with Gasteiger partial charge >= 0.3 is 18.0 Å². The smallest absolute Gasteiger partial charge is 0.328 e. The summed E-state index contributed by atoms with van der Waals surface area (Å²) in [5.74, 6) is -0.971. The Balaban J connectivity index is 2.07. The topological polar surface area (TPSA) is 84.9 Å². The molecule has 1 aromatic carbocycles. The van der Waals surface area contributed by atoms with Gasteiger partial charge in [-0.15, -0.1) is 0 Å². The number of nitrogens with zero attached hydrogens (tertiary/aromatic N) is 1. The molecule has 0 saturated carbocycles. The number of ether oxygens (including phenoxy) is 2. The summed E-state index contributed by atoms with van der Waals surface area (Å²) >= 11 is 0. The number of hydrogen-bond acceptors (Lipinski definition) is 5. The number of esters is 2. The summed E-state index contributed by atoms with van der Waals surface area (Å²) in [7, 11) is 2.57. The fourth-order valence-electron chi connectivity index (χ4n) is 2.81. The number of likely N-dealkylation sites (tertiary alicyclic amines) is 1. The Morgan fingerprint density at radius 1 is 1.21 bits per heavy atom. The third-order valence-electron chi connectivity index (χ3n) is 4.05. The van der Waals surface area contributed by atoms with Crippen LogP contribution in [0.4, 0.5) is 4.79 Å². The van der Waals surface area contributed by atoms with Crippen molar-refractivity contribution in [1.82, 2.24) is 10.2 Å². The van der Waals surface area contributed by atoms with Crippen molar-refractivity contribution in [1.29, 1.82) is 0 Å². The van der Waals surface area contributed by atoms with Crippen LogP contribution < -0.4 is 5.32 Å². The molecule has 0 spiro atoms. The van der Waals surface area contributed by atoms with Gasteiger partial charge < -0.3 is 19.7 Å². The number of benzene rings is 1. The van der Waals surface area contributed by atoms with Crippen molar-refractivity contribution in [3.63, 3.8) is 0 Å². The fraction of sp³-hybridized carbons (Fsp3) is 0.471. The number of hydrogen-bond donors (Lipinski definition) is 1. The quantitative estimate of drug-likeness (QED) is 0.816. The highest BCUT2D eigenvalue weighted by Crippen LogP contribution is 2.18. The minimum absolute atomic E-state index is 0.315. The molecule has 1 heterocycles. The van der Waals surface area contributed by atoms with Crippen molar-refractivity contribution in [2.75, 3.05) is 20.8 Å². The Labute approximate surface area is 140 Å². The summed E-state index contributed by atoms with van der Waals surface area (Å²) < 4.78 is 9.51. The van der Waals surface area contributed by atoms with Gasteiger partial charge in [-0.3, -0.25) is 0 Å². The number of urea groups is 1. The first-order chi connectivity index (χ1) is 11.6. The summed E-state index contributed by atoms with van der Waals surface area (Å²) in [4.78, 5) is 37.7. The van der Waals surface area contributed by atoms with E-state index >= 15 is 0 Å². The first-order valence-electron chi connectivity index (χ1n) is 7.83. The number of carbonyl (C=O) groups is 3. The molecule has 1 aromatic rings. The van der Waals surface area contributed by atoms with Crippen LogP contribution in [0, 0.1) is 0 Å². The van der Waals surface area contributed by atoms with Gasteiger partial charge in [0.15, 0.2) is 0 Å². The van der Waals surface area contributed by atoms with E-state index in [-0.39, 0.29) is 0 Å². The Hall–Kier alpha value is -2.57. The summed E-state index contributed by atoms with van der Waals surface area (Å²) in [5.41, 5.74) is 0.902. The minimum Gasteiger partial charge on any atom is -0.467 e. The molecule has 1 N–H and O–H groups in total. The molecule has 1 saturated heterocycles. The van der Waals surface area contributed by atoms with Gasteiger partial charge in [-0.05, 0) is 18.4 Å². The van der Waals surface area contributed by atoms with Crippen molar-refractivity contribution in [2.45, 2.75) is 31.3 Å². The molecular weight excluding hydrogens is 312 g/mol. The second-order valence-corrected chi connectivity index (χ2v) is 5.59. The van der Waals surface area contributed by atoms with E-state index in [4.69, 9.17) is 9.47 Å². The molecule has 7 nitrogen and oxygen atoms in total. The molecule has 24 heavy (non-hydrogen) atoms. The van der Waals surface area contributed by atoms with Crippen molar-refractivity contribution < 1.29 is 23.9 Å². The van der Waals surface area contributed by atoms with Gasteiger partial charge in [0.1, 0.15) is 12.1 Å². The van der Waals surface area contributed by atoms with Crippen LogP contribution in [0.1, 0.15) is 18.4 Å². The van der Waals surface area contributed by atoms with Crippen molar-refractivity contribution in [3.8, 4) is 0 Å². The molecule has 1 fully saturated rings. The lowest BCUT2D eigenvalue weighted by molar-refractivity contribution is -0.144. The maximum Gasteiger partial charge on any atom is 0.328 e. The van der Waals surface area contributed by atoms with Crippen molar-refractivity contribution in [2.24, 2.45) is 0 Å². The van der Waals surface area contributed by atoms with Gasteiger partial charge in [0.25, 0.3) is 0 Å². The third kappa shape index (κ3) is 4.24. The van der Waals surface area contributed by atoms with E-state index in [0.29, 0.717) is 19.4 Å². The molecule has 0 aromatic heterocycles. The van der Waals surface area contributed by atoms with E-state index in [2.05, 4.69) is 5.32 Å². The van der Waals surface area contributed by atoms with Crippen LogP contribution in [0.25, 0.3) is 0 Å². The largest absolute Gasteiger partial charge is 0.467 e. The molecule has 1 aliphatic rings. The normalized spacial score (nSPS) is 17.9. The maximum atomic E-state index is 12.5. The lowest BCUT2D eigenvalue weighted by atomic mass is 10.1. The number of rotatable bonds is 5. The van der Waals surface area contributed by atoms with Gasteiger partial charge in [-0.2, -0.15) is 0 Å². The first kappa shape index (κ1) is 17.8. The van der Waals surface area contributed by atoms with Gasteiger partial charge in [0.2, 0.25) is 0 Å². The second-order valence-electron chi connectivity index (χ2n) is 5.59. The number of amides is 2. The Kier molecular flexibility index (Phi) is 6.17. The van der Waals surface area contributed by atoms with Crippen molar-refractivity contribution >= 4 is 18.0 Å². The average molecular weight is 334 g/mol. The molecule has 0 radical (unpaired) electrons. The number of nitrogens with one attached hydrogen (secondary N) is 1. The predicted octanol–water partition coefficient (Wildman–Crippen LogP) is 1.12. The zero-order chi connectivity index (χ0) is 17.5. The Bertz CT molecular complexity index is 590. The highest BCUT2D eigenvalue weighted by atomic mass is 16.5. The van der Waals surface area contributed by atoms with Crippen LogP contribution in [-0.4, -0.2) is 55.7 Å². The van der Waals surface area contributed by atoms with Crippen molar-refractivity contribution in [3.05, 3.63) is 35.9 Å². The van der Waals surface area contributed by atoms with E-state index in [1.807, 2.05) is 30.3 Å². The zero-order valence-electron chi connectivity index (χ0n) is 13.9. The summed E-state index contributed by atoms with van der Waals surface area (Å²) in [6, 6.07) is 7.45. The van der Waals surface area contributed by atoms with Crippen LogP contribution in [0.3, 0.4) is 0 Å². The van der Waals surface area contributed by atoms with Crippen LogP contribution >= 0.6 is 0 Å². The molecular formula is C17H22N2O5. The predicted molar refractivity (Wildman–Crippen MR) is 86.2 cm³/mol. The van der Waals surface area contributed by atoms with Crippen LogP contribution in [0.15, 0.2) is 30.3 Å². The zero-order valence-corrected chi connectivity index (χ0v) is 13.9. The van der Waals surface area contributed by atoms with E-state index in [1.165, 1.54) is 19.1 Å². The molecule has 2 atom stereocenters. The molecule has 1 aliphatic heterocycles. The summed E-state index contributed by atoms with van der Waals surface area (Å²) in [6.07, 6.45) is 1.59. The molecule has 7 heteroatoms. The molecule has 0 aliphatic carbocycles. The van der Waals surface area contributed by atoms with E-state index in [0.717, 1.165) is 12.0 Å². The second kappa shape index (κ2) is 8.33. The van der Waals surface area contributed by atoms with Gasteiger partial charge in [-0.25, -0.2) is 14.4 Å². The summed E-state index contributed by atoms with van der Waals surface area (Å²) in [5, 5.41) is 2.67. The fourth-order valence-corrected chi connectivity index (χ4v) is 2.81. The molecule has 2 rings (SSSR count). The van der Waals surface area contributed by atoms with Crippen LogP contribution in [-0.2, 0) is 25.5 Å². The van der Waals surface area contributed by atoms with E-state index in [1.54, 1.807) is 0 Å². The van der Waals surface area contributed by atoms with Crippen LogP contribution in [0.2, 0.25) is 0 Å². The third-order valence-corrected chi connectivity index (χ3v) is 4.05. The van der Waals surface area contributed by atoms with E-state index < -0.39 is 30.1 Å². The monoisotopic (exact) mass is 334 g/mol. The summed E-state index contributed by atoms with van der Waals surface area (Å²) in [6.45, 7) is 0.449. The maximum absolute atomic E-state index is 12.5. The Morgan fingerprint density at radius 3 is 2.54 bits per heavy atom. The molecule has 0 unspecified atom stereocenters. The van der Waals surface area contributed by atoms with E-state index in [9.17, 15) is 14.4 Å².